The predicted molar refractivity (Wildman–Crippen MR) is 214 cm³/mol. The van der Waals surface area contributed by atoms with Crippen LogP contribution < -0.4 is 9.46 Å². The Kier molecular flexibility index (Phi) is 11.1. The minimum atomic E-state index is -3.93. The second kappa shape index (κ2) is 15.3. The second-order valence-corrected chi connectivity index (χ2v) is 20.2. The van der Waals surface area contributed by atoms with Crippen molar-refractivity contribution in [3.05, 3.63) is 46.6 Å². The van der Waals surface area contributed by atoms with E-state index < -0.39 is 49.6 Å². The molecule has 56 heavy (non-hydrogen) atoms. The zero-order valence-electron chi connectivity index (χ0n) is 31.9. The first-order valence-corrected chi connectivity index (χ1v) is 22.1. The Morgan fingerprint density at radius 1 is 1.07 bits per heavy atom. The summed E-state index contributed by atoms with van der Waals surface area (Å²) >= 11 is 6.40. The number of nitrogens with zero attached hydrogens (tertiary/aromatic N) is 2. The lowest BCUT2D eigenvalue weighted by Gasteiger charge is -2.36. The molecule has 1 saturated heterocycles. The van der Waals surface area contributed by atoms with Crippen molar-refractivity contribution in [3.8, 4) is 5.75 Å². The largest absolute Gasteiger partial charge is 0.483 e. The van der Waals surface area contributed by atoms with Crippen LogP contribution in [0.25, 0.3) is 10.9 Å². The highest BCUT2D eigenvalue weighted by molar-refractivity contribution is 7.91. The van der Waals surface area contributed by atoms with E-state index in [0.29, 0.717) is 67.5 Å². The molecule has 8 rings (SSSR count). The molecule has 1 aromatic carbocycles. The van der Waals surface area contributed by atoms with Gasteiger partial charge < -0.3 is 14.4 Å². The smallest absolute Gasteiger partial charge is 0.306 e. The number of nitrogens with one attached hydrogen (secondary N) is 1. The normalized spacial score (nSPS) is 30.6. The number of benzene rings is 1. The van der Waals surface area contributed by atoms with Gasteiger partial charge in [0.05, 0.1) is 47.0 Å². The molecule has 3 aliphatic carbocycles. The highest BCUT2D eigenvalue weighted by atomic mass is 35.5. The van der Waals surface area contributed by atoms with Gasteiger partial charge in [0.2, 0.25) is 21.8 Å². The van der Waals surface area contributed by atoms with Crippen molar-refractivity contribution in [3.63, 3.8) is 0 Å². The Hall–Kier alpha value is -3.51. The first-order valence-electron chi connectivity index (χ1n) is 20.2. The van der Waals surface area contributed by atoms with Crippen LogP contribution in [0.4, 0.5) is 0 Å². The van der Waals surface area contributed by atoms with E-state index >= 15 is 0 Å². The quantitative estimate of drug-likeness (QED) is 0.224. The highest BCUT2D eigenvalue weighted by Crippen LogP contribution is 2.58. The summed E-state index contributed by atoms with van der Waals surface area (Å²) in [6.45, 7) is 4.02. The molecule has 2 aromatic rings. The lowest BCUT2D eigenvalue weighted by molar-refractivity contribution is -0.152. The Bertz CT molecular complexity index is 2060. The number of ether oxygens (including phenoxy) is 2. The van der Waals surface area contributed by atoms with Gasteiger partial charge in [-0.15, -0.1) is 0 Å². The van der Waals surface area contributed by atoms with Crippen molar-refractivity contribution < 1.29 is 37.1 Å². The molecule has 0 radical (unpaired) electrons. The van der Waals surface area contributed by atoms with Crippen molar-refractivity contribution in [2.24, 2.45) is 23.2 Å². The molecule has 6 aliphatic rings. The average molecular weight is 810 g/mol. The molecule has 3 aliphatic heterocycles. The van der Waals surface area contributed by atoms with Crippen molar-refractivity contribution in [2.75, 3.05) is 13.2 Å². The second-order valence-electron chi connectivity index (χ2n) is 17.6. The third kappa shape index (κ3) is 7.73. The van der Waals surface area contributed by atoms with Gasteiger partial charge in [0, 0.05) is 34.7 Å². The number of carbonyl (C=O) groups is 4. The zero-order valence-corrected chi connectivity index (χ0v) is 33.4. The van der Waals surface area contributed by atoms with Crippen molar-refractivity contribution in [2.45, 2.75) is 140 Å². The van der Waals surface area contributed by atoms with E-state index in [1.807, 2.05) is 37.3 Å². The van der Waals surface area contributed by atoms with Gasteiger partial charge in [-0.25, -0.2) is 13.4 Å². The SMILES string of the molecule is C.Cc1nc2ccc(Cl)cc2c2c1O[C@]1(CC2)C[C@H]2C(=O)C[C@]3(C(=O)NS(=O)(=O)C4(C)CC4)C[C@H]3/C=C\CCCCC[C@H](CC(=O)OCC3CCC3)C(=O)N2C1. The average Bonchev–Trinajstić information content (AvgIpc) is 4.01. The Morgan fingerprint density at radius 2 is 1.86 bits per heavy atom. The number of aryl methyl sites for hydroxylation is 2. The van der Waals surface area contributed by atoms with E-state index in [9.17, 15) is 27.6 Å². The lowest BCUT2D eigenvalue weighted by Crippen LogP contribution is -2.48. The monoisotopic (exact) mass is 809 g/mol. The Labute approximate surface area is 335 Å². The maximum Gasteiger partial charge on any atom is 0.306 e. The van der Waals surface area contributed by atoms with E-state index in [0.717, 1.165) is 61.4 Å². The van der Waals surface area contributed by atoms with Gasteiger partial charge in [-0.1, -0.05) is 50.4 Å². The first kappa shape index (κ1) is 40.7. The van der Waals surface area contributed by atoms with Crippen molar-refractivity contribution in [1.29, 1.82) is 0 Å². The summed E-state index contributed by atoms with van der Waals surface area (Å²) in [7, 11) is -3.93. The third-order valence-electron chi connectivity index (χ3n) is 13.5. The maximum absolute atomic E-state index is 14.8. The van der Waals surface area contributed by atoms with E-state index in [-0.39, 0.29) is 50.8 Å². The van der Waals surface area contributed by atoms with E-state index in [1.54, 1.807) is 11.8 Å². The van der Waals surface area contributed by atoms with Crippen LogP contribution in [0.15, 0.2) is 30.4 Å². The van der Waals surface area contributed by atoms with Gasteiger partial charge in [-0.3, -0.25) is 23.9 Å². The van der Waals surface area contributed by atoms with Crippen molar-refractivity contribution >= 4 is 56.1 Å². The maximum atomic E-state index is 14.8. The van der Waals surface area contributed by atoms with Crippen LogP contribution in [0.3, 0.4) is 0 Å². The van der Waals surface area contributed by atoms with Crippen LogP contribution in [-0.4, -0.2) is 71.4 Å². The molecule has 1 aromatic heterocycles. The number of fused-ring (bicyclic) bond motifs is 5. The number of rotatable bonds is 7. The van der Waals surface area contributed by atoms with Gasteiger partial charge in [-0.05, 0) is 108 Å². The number of ketones is 1. The van der Waals surface area contributed by atoms with Crippen LogP contribution in [0.2, 0.25) is 5.02 Å². The van der Waals surface area contributed by atoms with Gasteiger partial charge in [0.15, 0.2) is 5.78 Å². The summed E-state index contributed by atoms with van der Waals surface area (Å²) in [6.07, 6.45) is 13.2. The fourth-order valence-electron chi connectivity index (χ4n) is 9.26. The number of pyridine rings is 1. The molecule has 304 valence electrons. The third-order valence-corrected chi connectivity index (χ3v) is 15.9. The molecule has 2 amide bonds. The van der Waals surface area contributed by atoms with Gasteiger partial charge in [0.25, 0.3) is 0 Å². The van der Waals surface area contributed by atoms with Crippen molar-refractivity contribution in [1.82, 2.24) is 14.6 Å². The zero-order chi connectivity index (χ0) is 38.8. The van der Waals surface area contributed by atoms with Crippen LogP contribution in [-0.2, 0) is 40.4 Å². The standard InChI is InChI=1S/C42H52ClN3O8S.CH4/c1-26-37-31(32-20-30(43)13-14-33(32)44-26)15-16-41(54-37)22-34-35(47)23-42(39(50)45-55(51,52)40(2)17-18-40)21-29(42)12-7-5-3-4-6-11-28(38(49)46(34)25-41)19-36(48)53-24-27-9-8-10-27;/h7,12-14,20,27-29,34H,3-6,8-11,15-19,21-25H2,1-2H3,(H,45,50);1H4/b12-7-;/t28-,29-,34+,41-,42-;/m1./s1. The minimum Gasteiger partial charge on any atom is -0.483 e. The molecular weight excluding hydrogens is 754 g/mol. The number of aromatic nitrogens is 1. The fourth-order valence-corrected chi connectivity index (χ4v) is 10.8. The topological polar surface area (TPSA) is 149 Å². The molecule has 1 spiro atoms. The van der Waals surface area contributed by atoms with Crippen LogP contribution in [0.1, 0.15) is 122 Å². The van der Waals surface area contributed by atoms with Gasteiger partial charge in [0.1, 0.15) is 11.4 Å². The molecule has 3 saturated carbocycles. The van der Waals surface area contributed by atoms with Gasteiger partial charge in [-0.2, -0.15) is 0 Å². The number of Topliss-reactive ketones (excluding diaryl/α,β-unsaturated/α-hetero) is 1. The summed E-state index contributed by atoms with van der Waals surface area (Å²) in [5, 5.41) is 1.49. The van der Waals surface area contributed by atoms with Crippen LogP contribution in [0.5, 0.6) is 5.75 Å². The number of halogens is 1. The molecule has 13 heteroatoms. The molecule has 1 N–H and O–H groups in total. The molecule has 5 atom stereocenters. The number of allylic oxidation sites excluding steroid dienone is 2. The summed E-state index contributed by atoms with van der Waals surface area (Å²) in [6, 6.07) is 4.66. The van der Waals surface area contributed by atoms with Crippen LogP contribution in [0, 0.1) is 30.1 Å². The van der Waals surface area contributed by atoms with E-state index in [1.165, 1.54) is 0 Å². The van der Waals surface area contributed by atoms with E-state index in [4.69, 9.17) is 26.1 Å². The Balaban J connectivity index is 0.00000480. The summed E-state index contributed by atoms with van der Waals surface area (Å²) < 4.78 is 40.4. The number of esters is 1. The number of carbonyl (C=O) groups excluding carboxylic acids is 4. The molecule has 0 unspecified atom stereocenters. The summed E-state index contributed by atoms with van der Waals surface area (Å²) in [5.74, 6) is -1.62. The molecule has 4 fully saturated rings. The molecule has 0 bridgehead atoms. The number of hydrogen-bond acceptors (Lipinski definition) is 9. The number of amides is 2. The summed E-state index contributed by atoms with van der Waals surface area (Å²) in [4.78, 5) is 63.3. The molecule has 4 heterocycles. The molecule has 11 nitrogen and oxygen atoms in total. The fraction of sp³-hybridized carbons (Fsp3) is 0.651. The van der Waals surface area contributed by atoms with Gasteiger partial charge >= 0.3 is 5.97 Å². The predicted octanol–water partition coefficient (Wildman–Crippen LogP) is 7.33. The minimum absolute atomic E-state index is 0. The number of hydrogen-bond donors (Lipinski definition) is 1. The highest BCUT2D eigenvalue weighted by Gasteiger charge is 2.63. The van der Waals surface area contributed by atoms with Crippen LogP contribution >= 0.6 is 11.6 Å². The summed E-state index contributed by atoms with van der Waals surface area (Å²) in [5.41, 5.74) is 0.349. The lowest BCUT2D eigenvalue weighted by atomic mass is 9.85. The number of sulfonamides is 1. The Morgan fingerprint density at radius 3 is 2.59 bits per heavy atom. The molecular formula is C43H56ClN3O8S. The first-order chi connectivity index (χ1) is 26.2. The van der Waals surface area contributed by atoms with E-state index in [2.05, 4.69) is 4.72 Å².